The summed E-state index contributed by atoms with van der Waals surface area (Å²) >= 11 is 12.0. The van der Waals surface area contributed by atoms with Crippen LogP contribution in [-0.4, -0.2) is 31.7 Å². The van der Waals surface area contributed by atoms with Gasteiger partial charge in [-0.3, -0.25) is 4.79 Å². The topological polar surface area (TPSA) is 66.5 Å². The first-order chi connectivity index (χ1) is 16.3. The summed E-state index contributed by atoms with van der Waals surface area (Å²) in [7, 11) is -3.61. The van der Waals surface area contributed by atoms with E-state index in [4.69, 9.17) is 23.2 Å². The molecule has 178 valence electrons. The van der Waals surface area contributed by atoms with Crippen LogP contribution in [0.5, 0.6) is 0 Å². The van der Waals surface area contributed by atoms with Crippen molar-refractivity contribution in [2.45, 2.75) is 24.6 Å². The first-order valence-corrected chi connectivity index (χ1v) is 13.5. The SMILES string of the molecule is O=C(NC(c1ccccc1)c1ccccc1)[C@H]1CCCN(S(=O)(=O)Cc2ccc(Cl)c(Cl)c2)C1. The summed E-state index contributed by atoms with van der Waals surface area (Å²) in [4.78, 5) is 13.3. The summed E-state index contributed by atoms with van der Waals surface area (Å²) in [6.45, 7) is 0.556. The average molecular weight is 517 g/mol. The molecule has 3 aromatic rings. The van der Waals surface area contributed by atoms with Crippen molar-refractivity contribution < 1.29 is 13.2 Å². The smallest absolute Gasteiger partial charge is 0.225 e. The van der Waals surface area contributed by atoms with Gasteiger partial charge in [0, 0.05) is 13.1 Å². The van der Waals surface area contributed by atoms with E-state index in [1.165, 1.54) is 4.31 Å². The van der Waals surface area contributed by atoms with Crippen molar-refractivity contribution in [3.05, 3.63) is 106 Å². The van der Waals surface area contributed by atoms with Crippen molar-refractivity contribution >= 4 is 39.1 Å². The standard InChI is InChI=1S/C26H26Cl2N2O3S/c27-23-14-13-19(16-24(23)28)18-34(32,33)30-15-7-12-22(17-30)26(31)29-25(20-8-3-1-4-9-20)21-10-5-2-6-11-21/h1-6,8-11,13-14,16,22,25H,7,12,15,17-18H2,(H,29,31)/t22-/m0/s1. The molecule has 8 heteroatoms. The fourth-order valence-corrected chi connectivity index (χ4v) is 6.17. The second kappa shape index (κ2) is 10.9. The lowest BCUT2D eigenvalue weighted by Crippen LogP contribution is -2.46. The van der Waals surface area contributed by atoms with Crippen molar-refractivity contribution in [1.82, 2.24) is 9.62 Å². The third kappa shape index (κ3) is 5.99. The molecule has 1 saturated heterocycles. The van der Waals surface area contributed by atoms with Gasteiger partial charge < -0.3 is 5.32 Å². The van der Waals surface area contributed by atoms with E-state index in [9.17, 15) is 13.2 Å². The number of hydrogen-bond acceptors (Lipinski definition) is 3. The van der Waals surface area contributed by atoms with Crippen molar-refractivity contribution in [2.75, 3.05) is 13.1 Å². The lowest BCUT2D eigenvalue weighted by atomic mass is 9.95. The summed E-state index contributed by atoms with van der Waals surface area (Å²) in [5.41, 5.74) is 2.51. The Morgan fingerprint density at radius 3 is 2.15 bits per heavy atom. The van der Waals surface area contributed by atoms with E-state index in [1.807, 2.05) is 60.7 Å². The monoisotopic (exact) mass is 516 g/mol. The molecule has 0 radical (unpaired) electrons. The van der Waals surface area contributed by atoms with Gasteiger partial charge in [0.05, 0.1) is 27.8 Å². The predicted octanol–water partition coefficient (Wildman–Crippen LogP) is 5.44. The number of rotatable bonds is 7. The summed E-state index contributed by atoms with van der Waals surface area (Å²) in [6, 6.07) is 24.1. The van der Waals surface area contributed by atoms with Crippen molar-refractivity contribution in [1.29, 1.82) is 0 Å². The van der Waals surface area contributed by atoms with Gasteiger partial charge in [-0.2, -0.15) is 0 Å². The Balaban J connectivity index is 1.48. The van der Waals surface area contributed by atoms with E-state index in [0.717, 1.165) is 11.1 Å². The minimum Gasteiger partial charge on any atom is -0.345 e. The Bertz CT molecular complexity index is 1200. The Labute approximate surface area is 210 Å². The zero-order valence-corrected chi connectivity index (χ0v) is 20.9. The molecule has 4 rings (SSSR count). The molecule has 1 aliphatic rings. The zero-order valence-electron chi connectivity index (χ0n) is 18.5. The predicted molar refractivity (Wildman–Crippen MR) is 136 cm³/mol. The van der Waals surface area contributed by atoms with Gasteiger partial charge in [-0.25, -0.2) is 12.7 Å². The van der Waals surface area contributed by atoms with E-state index in [1.54, 1.807) is 18.2 Å². The second-order valence-corrected chi connectivity index (χ2v) is 11.2. The number of halogens is 2. The molecule has 1 heterocycles. The highest BCUT2D eigenvalue weighted by Gasteiger charge is 2.33. The number of nitrogens with one attached hydrogen (secondary N) is 1. The lowest BCUT2D eigenvalue weighted by molar-refractivity contribution is -0.126. The Morgan fingerprint density at radius 1 is 0.941 bits per heavy atom. The number of amides is 1. The molecule has 1 aliphatic heterocycles. The second-order valence-electron chi connectivity index (χ2n) is 8.46. The number of hydrogen-bond donors (Lipinski definition) is 1. The minimum atomic E-state index is -3.61. The van der Waals surface area contributed by atoms with Crippen molar-refractivity contribution in [3.8, 4) is 0 Å². The highest BCUT2D eigenvalue weighted by molar-refractivity contribution is 7.88. The lowest BCUT2D eigenvalue weighted by Gasteiger charge is -2.32. The van der Waals surface area contributed by atoms with Gasteiger partial charge in [0.15, 0.2) is 0 Å². The molecule has 34 heavy (non-hydrogen) atoms. The molecule has 5 nitrogen and oxygen atoms in total. The van der Waals surface area contributed by atoms with Gasteiger partial charge in [-0.15, -0.1) is 0 Å². The maximum atomic E-state index is 13.3. The molecule has 0 aliphatic carbocycles. The van der Waals surface area contributed by atoms with E-state index in [-0.39, 0.29) is 24.2 Å². The Kier molecular flexibility index (Phi) is 7.94. The molecular weight excluding hydrogens is 491 g/mol. The number of benzene rings is 3. The molecule has 0 saturated carbocycles. The summed E-state index contributed by atoms with van der Waals surface area (Å²) < 4.78 is 27.6. The quantitative estimate of drug-likeness (QED) is 0.454. The van der Waals surface area contributed by atoms with Crippen molar-refractivity contribution in [2.24, 2.45) is 5.92 Å². The highest BCUT2D eigenvalue weighted by Crippen LogP contribution is 2.27. The van der Waals surface area contributed by atoms with Gasteiger partial charge in [-0.05, 0) is 41.7 Å². The normalized spacial score (nSPS) is 17.0. The maximum Gasteiger partial charge on any atom is 0.225 e. The maximum absolute atomic E-state index is 13.3. The van der Waals surface area contributed by atoms with Crippen LogP contribution in [0.15, 0.2) is 78.9 Å². The zero-order chi connectivity index (χ0) is 24.1. The highest BCUT2D eigenvalue weighted by atomic mass is 35.5. The summed E-state index contributed by atoms with van der Waals surface area (Å²) in [5, 5.41) is 3.86. The molecule has 0 aromatic heterocycles. The number of piperidine rings is 1. The van der Waals surface area contributed by atoms with Crippen LogP contribution in [-0.2, 0) is 20.6 Å². The van der Waals surface area contributed by atoms with Crippen LogP contribution in [0.4, 0.5) is 0 Å². The molecule has 1 amide bonds. The molecule has 3 aromatic carbocycles. The Morgan fingerprint density at radius 2 is 1.56 bits per heavy atom. The van der Waals surface area contributed by atoms with E-state index in [2.05, 4.69) is 5.32 Å². The molecule has 0 bridgehead atoms. The van der Waals surface area contributed by atoms with Crippen LogP contribution in [0.3, 0.4) is 0 Å². The van der Waals surface area contributed by atoms with Crippen molar-refractivity contribution in [3.63, 3.8) is 0 Å². The van der Waals surface area contributed by atoms with Crippen LogP contribution in [0.2, 0.25) is 10.0 Å². The van der Waals surface area contributed by atoms with Gasteiger partial charge in [0.2, 0.25) is 15.9 Å². The van der Waals surface area contributed by atoms with Gasteiger partial charge in [-0.1, -0.05) is 89.9 Å². The molecule has 1 atom stereocenters. The number of carbonyl (C=O) groups is 1. The van der Waals surface area contributed by atoms with E-state index < -0.39 is 15.9 Å². The first-order valence-electron chi connectivity index (χ1n) is 11.2. The number of sulfonamides is 1. The largest absolute Gasteiger partial charge is 0.345 e. The van der Waals surface area contributed by atoms with Gasteiger partial charge in [0.25, 0.3) is 0 Å². The van der Waals surface area contributed by atoms with Crippen LogP contribution >= 0.6 is 23.2 Å². The fourth-order valence-electron chi connectivity index (χ4n) is 4.25. The molecule has 0 spiro atoms. The summed E-state index contributed by atoms with van der Waals surface area (Å²) in [6.07, 6.45) is 1.26. The van der Waals surface area contributed by atoms with Gasteiger partial charge >= 0.3 is 0 Å². The average Bonchev–Trinajstić information content (AvgIpc) is 2.85. The minimum absolute atomic E-state index is 0.146. The first kappa shape index (κ1) is 24.7. The third-order valence-electron chi connectivity index (χ3n) is 6.03. The summed E-state index contributed by atoms with van der Waals surface area (Å²) in [5.74, 6) is -0.756. The van der Waals surface area contributed by atoms with E-state index >= 15 is 0 Å². The number of nitrogens with zero attached hydrogens (tertiary/aromatic N) is 1. The van der Waals surface area contributed by atoms with Crippen LogP contribution in [0.25, 0.3) is 0 Å². The van der Waals surface area contributed by atoms with Crippen LogP contribution in [0.1, 0.15) is 35.6 Å². The third-order valence-corrected chi connectivity index (χ3v) is 8.59. The fraction of sp³-hybridized carbons (Fsp3) is 0.269. The number of carbonyl (C=O) groups excluding carboxylic acids is 1. The molecule has 0 unspecified atom stereocenters. The van der Waals surface area contributed by atoms with E-state index in [0.29, 0.717) is 35.0 Å². The van der Waals surface area contributed by atoms with Crippen LogP contribution in [0, 0.1) is 5.92 Å². The molecule has 1 N–H and O–H groups in total. The molecular formula is C26H26Cl2N2O3S. The van der Waals surface area contributed by atoms with Crippen LogP contribution < -0.4 is 5.32 Å². The van der Waals surface area contributed by atoms with Gasteiger partial charge in [0.1, 0.15) is 0 Å². The molecule has 1 fully saturated rings. The Hall–Kier alpha value is -2.38.